The number of hydrogen-bond donors (Lipinski definition) is 1. The number of nitrogens with zero attached hydrogens (tertiary/aromatic N) is 1. The summed E-state index contributed by atoms with van der Waals surface area (Å²) in [5, 5.41) is 0.526. The van der Waals surface area contributed by atoms with E-state index in [1.807, 2.05) is 17.0 Å². The van der Waals surface area contributed by atoms with Crippen LogP contribution in [0.2, 0.25) is 5.02 Å². The Kier molecular flexibility index (Phi) is 6.17. The summed E-state index contributed by atoms with van der Waals surface area (Å²) in [6.07, 6.45) is 0.990. The van der Waals surface area contributed by atoms with Crippen LogP contribution in [0.15, 0.2) is 18.2 Å². The summed E-state index contributed by atoms with van der Waals surface area (Å²) in [6.45, 7) is 2.17. The molecule has 1 aromatic carbocycles. The summed E-state index contributed by atoms with van der Waals surface area (Å²) in [5.74, 6) is 0.448. The number of likely N-dealkylation sites (tertiary alicyclic amines) is 1. The van der Waals surface area contributed by atoms with Crippen molar-refractivity contribution in [2.24, 2.45) is 11.7 Å². The molecule has 1 aromatic rings. The molecule has 1 aliphatic heterocycles. The third kappa shape index (κ3) is 3.50. The van der Waals surface area contributed by atoms with Gasteiger partial charge < -0.3 is 10.6 Å². The van der Waals surface area contributed by atoms with Crippen molar-refractivity contribution in [2.45, 2.75) is 6.42 Å². The molecule has 1 unspecified atom stereocenters. The van der Waals surface area contributed by atoms with Gasteiger partial charge in [-0.25, -0.2) is 0 Å². The van der Waals surface area contributed by atoms with E-state index in [0.29, 0.717) is 23.0 Å². The minimum atomic E-state index is 0. The van der Waals surface area contributed by atoms with Crippen molar-refractivity contribution < 1.29 is 4.79 Å². The topological polar surface area (TPSA) is 46.3 Å². The lowest BCUT2D eigenvalue weighted by Crippen LogP contribution is -2.30. The van der Waals surface area contributed by atoms with Gasteiger partial charge in [0.15, 0.2) is 0 Å². The summed E-state index contributed by atoms with van der Waals surface area (Å²) in [4.78, 5) is 14.1. The number of nitrogens with two attached hydrogens (primary N) is 1. The average molecular weight is 401 g/mol. The Hall–Kier alpha value is -0.0400. The van der Waals surface area contributed by atoms with E-state index >= 15 is 0 Å². The molecule has 1 aliphatic rings. The Morgan fingerprint density at radius 2 is 2.28 bits per heavy atom. The highest BCUT2D eigenvalue weighted by Crippen LogP contribution is 2.23. The molecule has 0 aromatic heterocycles. The summed E-state index contributed by atoms with van der Waals surface area (Å²) in [5.41, 5.74) is 6.21. The number of benzene rings is 1. The molecule has 1 atom stereocenters. The molecule has 100 valence electrons. The second-order valence-electron chi connectivity index (χ2n) is 4.27. The highest BCUT2D eigenvalue weighted by molar-refractivity contribution is 14.1. The number of carbonyl (C=O) groups is 1. The predicted octanol–water partition coefficient (Wildman–Crippen LogP) is 2.79. The zero-order valence-electron chi connectivity index (χ0n) is 9.73. The lowest BCUT2D eigenvalue weighted by Gasteiger charge is -2.17. The second kappa shape index (κ2) is 6.93. The number of hydrogen-bond acceptors (Lipinski definition) is 2. The van der Waals surface area contributed by atoms with Crippen LogP contribution in [0.5, 0.6) is 0 Å². The van der Waals surface area contributed by atoms with Gasteiger partial charge in [0, 0.05) is 16.7 Å². The van der Waals surface area contributed by atoms with Gasteiger partial charge in [-0.05, 0) is 59.7 Å². The molecule has 18 heavy (non-hydrogen) atoms. The monoisotopic (exact) mass is 400 g/mol. The first-order valence-electron chi connectivity index (χ1n) is 5.56. The normalized spacial score (nSPS) is 18.6. The molecular formula is C12H15Cl2IN2O. The Morgan fingerprint density at radius 1 is 1.56 bits per heavy atom. The van der Waals surface area contributed by atoms with Crippen molar-refractivity contribution in [1.82, 2.24) is 4.90 Å². The van der Waals surface area contributed by atoms with Crippen LogP contribution in [0.3, 0.4) is 0 Å². The molecular weight excluding hydrogens is 386 g/mol. The number of rotatable bonds is 2. The predicted molar refractivity (Wildman–Crippen MR) is 84.5 cm³/mol. The maximum Gasteiger partial charge on any atom is 0.255 e. The molecule has 1 saturated heterocycles. The Morgan fingerprint density at radius 3 is 2.83 bits per heavy atom. The van der Waals surface area contributed by atoms with Crippen LogP contribution < -0.4 is 5.73 Å². The lowest BCUT2D eigenvalue weighted by atomic mass is 10.1. The lowest BCUT2D eigenvalue weighted by molar-refractivity contribution is 0.0788. The van der Waals surface area contributed by atoms with E-state index < -0.39 is 0 Å². The summed E-state index contributed by atoms with van der Waals surface area (Å²) < 4.78 is 1.03. The smallest absolute Gasteiger partial charge is 0.255 e. The molecule has 0 aliphatic carbocycles. The number of amides is 1. The SMILES string of the molecule is Cl.NCC1CCN(C(=O)c2ccc(I)cc2Cl)C1. The fourth-order valence-electron chi connectivity index (χ4n) is 2.04. The van der Waals surface area contributed by atoms with Gasteiger partial charge in [0.05, 0.1) is 10.6 Å². The first-order valence-corrected chi connectivity index (χ1v) is 7.02. The fraction of sp³-hybridized carbons (Fsp3) is 0.417. The van der Waals surface area contributed by atoms with Crippen LogP contribution in [0.25, 0.3) is 0 Å². The third-order valence-corrected chi connectivity index (χ3v) is 4.05. The minimum absolute atomic E-state index is 0. The molecule has 1 fully saturated rings. The average Bonchev–Trinajstić information content (AvgIpc) is 2.76. The van der Waals surface area contributed by atoms with Crippen LogP contribution in [-0.2, 0) is 0 Å². The van der Waals surface area contributed by atoms with E-state index in [0.717, 1.165) is 23.1 Å². The molecule has 1 amide bonds. The van der Waals surface area contributed by atoms with Crippen LogP contribution >= 0.6 is 46.6 Å². The van der Waals surface area contributed by atoms with Crippen molar-refractivity contribution in [2.75, 3.05) is 19.6 Å². The summed E-state index contributed by atoms with van der Waals surface area (Å²) in [7, 11) is 0. The highest BCUT2D eigenvalue weighted by atomic mass is 127. The molecule has 6 heteroatoms. The van der Waals surface area contributed by atoms with Gasteiger partial charge in [-0.1, -0.05) is 11.6 Å². The van der Waals surface area contributed by atoms with E-state index in [1.54, 1.807) is 6.07 Å². The standard InChI is InChI=1S/C12H14ClIN2O.ClH/c13-11-5-9(14)1-2-10(11)12(17)16-4-3-8(6-15)7-16;/h1-2,5,8H,3-4,6-7,15H2;1H. The molecule has 1 heterocycles. The zero-order valence-corrected chi connectivity index (χ0v) is 13.5. The minimum Gasteiger partial charge on any atom is -0.338 e. The molecule has 0 bridgehead atoms. The summed E-state index contributed by atoms with van der Waals surface area (Å²) in [6, 6.07) is 5.50. The Labute approximate surface area is 132 Å². The first-order chi connectivity index (χ1) is 8.11. The van der Waals surface area contributed by atoms with Gasteiger partial charge in [0.2, 0.25) is 0 Å². The van der Waals surface area contributed by atoms with Crippen molar-refractivity contribution in [3.63, 3.8) is 0 Å². The van der Waals surface area contributed by atoms with Gasteiger partial charge >= 0.3 is 0 Å². The Balaban J connectivity index is 0.00000162. The number of carbonyl (C=O) groups excluding carboxylic acids is 1. The van der Waals surface area contributed by atoms with Crippen molar-refractivity contribution in [1.29, 1.82) is 0 Å². The summed E-state index contributed by atoms with van der Waals surface area (Å²) >= 11 is 8.27. The Bertz CT molecular complexity index is 442. The van der Waals surface area contributed by atoms with Crippen LogP contribution in [0.4, 0.5) is 0 Å². The van der Waals surface area contributed by atoms with Gasteiger partial charge in [-0.3, -0.25) is 4.79 Å². The fourth-order valence-corrected chi connectivity index (χ4v) is 2.98. The van der Waals surface area contributed by atoms with Gasteiger partial charge in [0.1, 0.15) is 0 Å². The van der Waals surface area contributed by atoms with Gasteiger partial charge in [-0.2, -0.15) is 0 Å². The molecule has 0 saturated carbocycles. The van der Waals surface area contributed by atoms with E-state index in [-0.39, 0.29) is 18.3 Å². The first kappa shape index (κ1) is 16.0. The van der Waals surface area contributed by atoms with E-state index in [1.165, 1.54) is 0 Å². The van der Waals surface area contributed by atoms with Crippen molar-refractivity contribution in [3.05, 3.63) is 32.4 Å². The van der Waals surface area contributed by atoms with Crippen molar-refractivity contribution >= 4 is 52.5 Å². The van der Waals surface area contributed by atoms with Crippen LogP contribution in [0.1, 0.15) is 16.8 Å². The zero-order chi connectivity index (χ0) is 12.4. The third-order valence-electron chi connectivity index (χ3n) is 3.07. The van der Waals surface area contributed by atoms with Crippen LogP contribution in [-0.4, -0.2) is 30.4 Å². The second-order valence-corrected chi connectivity index (χ2v) is 5.92. The molecule has 2 N–H and O–H groups in total. The maximum absolute atomic E-state index is 12.2. The van der Waals surface area contributed by atoms with E-state index in [2.05, 4.69) is 22.6 Å². The molecule has 3 nitrogen and oxygen atoms in total. The molecule has 2 rings (SSSR count). The quantitative estimate of drug-likeness (QED) is 0.776. The van der Waals surface area contributed by atoms with Gasteiger partial charge in [0.25, 0.3) is 5.91 Å². The highest BCUT2D eigenvalue weighted by Gasteiger charge is 2.26. The molecule has 0 spiro atoms. The van der Waals surface area contributed by atoms with Crippen molar-refractivity contribution in [3.8, 4) is 0 Å². The largest absolute Gasteiger partial charge is 0.338 e. The van der Waals surface area contributed by atoms with E-state index in [4.69, 9.17) is 17.3 Å². The maximum atomic E-state index is 12.2. The van der Waals surface area contributed by atoms with Crippen LogP contribution in [0, 0.1) is 9.49 Å². The van der Waals surface area contributed by atoms with E-state index in [9.17, 15) is 4.79 Å². The molecule has 0 radical (unpaired) electrons. The van der Waals surface area contributed by atoms with Gasteiger partial charge in [-0.15, -0.1) is 12.4 Å². The number of halogens is 3.